The molecule has 0 aliphatic heterocycles. The number of nitrogens with zero attached hydrogens (tertiary/aromatic N) is 1. The first-order valence-corrected chi connectivity index (χ1v) is 8.44. The van der Waals surface area contributed by atoms with E-state index in [1.807, 2.05) is 19.0 Å². The highest BCUT2D eigenvalue weighted by molar-refractivity contribution is 7.89. The predicted octanol–water partition coefficient (Wildman–Crippen LogP) is 1.37. The quantitative estimate of drug-likeness (QED) is 0.792. The predicted molar refractivity (Wildman–Crippen MR) is 79.0 cm³/mol. The first-order valence-electron chi connectivity index (χ1n) is 6.14. The monoisotopic (exact) mass is 320 g/mol. The Balaban J connectivity index is 2.86. The molecule has 0 aromatic carbocycles. The van der Waals surface area contributed by atoms with Crippen molar-refractivity contribution >= 4 is 27.3 Å². The largest absolute Gasteiger partial charge is 0.477 e. The van der Waals surface area contributed by atoms with Crippen molar-refractivity contribution in [1.29, 1.82) is 0 Å². The molecule has 0 aliphatic rings. The average Bonchev–Trinajstić information content (AvgIpc) is 2.69. The van der Waals surface area contributed by atoms with Crippen LogP contribution in [0.3, 0.4) is 0 Å². The van der Waals surface area contributed by atoms with Crippen LogP contribution in [0.2, 0.25) is 0 Å². The van der Waals surface area contributed by atoms with Gasteiger partial charge in [0.05, 0.1) is 4.90 Å². The van der Waals surface area contributed by atoms with E-state index in [1.54, 1.807) is 13.8 Å². The van der Waals surface area contributed by atoms with E-state index in [0.717, 1.165) is 17.9 Å². The van der Waals surface area contributed by atoms with Gasteiger partial charge in [-0.1, -0.05) is 0 Å². The van der Waals surface area contributed by atoms with Crippen LogP contribution in [-0.4, -0.2) is 51.1 Å². The van der Waals surface area contributed by atoms with Crippen molar-refractivity contribution in [1.82, 2.24) is 9.62 Å². The summed E-state index contributed by atoms with van der Waals surface area (Å²) in [6.45, 7) is 4.17. The number of carbonyl (C=O) groups is 1. The van der Waals surface area contributed by atoms with E-state index in [9.17, 15) is 13.2 Å². The van der Waals surface area contributed by atoms with Crippen LogP contribution in [0.5, 0.6) is 0 Å². The van der Waals surface area contributed by atoms with Gasteiger partial charge in [-0.3, -0.25) is 0 Å². The van der Waals surface area contributed by atoms with E-state index in [2.05, 4.69) is 4.72 Å². The third-order valence-corrected chi connectivity index (χ3v) is 5.62. The number of aromatic carboxylic acids is 1. The summed E-state index contributed by atoms with van der Waals surface area (Å²) in [5, 5.41) is 8.91. The van der Waals surface area contributed by atoms with Gasteiger partial charge in [0, 0.05) is 10.9 Å². The Kier molecular flexibility index (Phi) is 5.69. The van der Waals surface area contributed by atoms with Crippen LogP contribution >= 0.6 is 11.3 Å². The van der Waals surface area contributed by atoms with E-state index >= 15 is 0 Å². The molecule has 0 fully saturated rings. The van der Waals surface area contributed by atoms with Crippen LogP contribution in [0.25, 0.3) is 0 Å². The average molecular weight is 320 g/mol. The molecular formula is C12H20N2O4S2. The summed E-state index contributed by atoms with van der Waals surface area (Å²) in [6, 6.07) is 0.999. The Morgan fingerprint density at radius 2 is 2.10 bits per heavy atom. The molecule has 1 aromatic rings. The zero-order valence-electron chi connectivity index (χ0n) is 12.0. The third kappa shape index (κ3) is 4.55. The molecule has 8 heteroatoms. The van der Waals surface area contributed by atoms with Crippen molar-refractivity contribution in [3.8, 4) is 0 Å². The molecule has 1 rings (SSSR count). The highest BCUT2D eigenvalue weighted by Crippen LogP contribution is 2.25. The number of hydrogen-bond donors (Lipinski definition) is 2. The van der Waals surface area contributed by atoms with E-state index in [4.69, 9.17) is 5.11 Å². The third-order valence-electron chi connectivity index (χ3n) is 2.74. The van der Waals surface area contributed by atoms with Crippen LogP contribution in [0.15, 0.2) is 11.0 Å². The second-order valence-corrected chi connectivity index (χ2v) is 7.89. The van der Waals surface area contributed by atoms with Crippen LogP contribution in [0.1, 0.15) is 27.9 Å². The van der Waals surface area contributed by atoms with Crippen molar-refractivity contribution in [2.24, 2.45) is 0 Å². The van der Waals surface area contributed by atoms with Crippen molar-refractivity contribution in [3.05, 3.63) is 15.8 Å². The molecule has 2 N–H and O–H groups in total. The zero-order valence-corrected chi connectivity index (χ0v) is 13.6. The number of carboxylic acid groups (broad SMARTS) is 1. The van der Waals surface area contributed by atoms with Crippen LogP contribution in [0.4, 0.5) is 0 Å². The number of aryl methyl sites for hydroxylation is 1. The van der Waals surface area contributed by atoms with Crippen molar-refractivity contribution in [2.45, 2.75) is 31.2 Å². The number of carboxylic acids is 1. The van der Waals surface area contributed by atoms with E-state index in [0.29, 0.717) is 11.3 Å². The number of sulfonamides is 1. The SMILES string of the molecule is Cc1sc(C(=O)O)cc1S(=O)(=O)NC(C)CCN(C)C. The maximum absolute atomic E-state index is 12.2. The van der Waals surface area contributed by atoms with Gasteiger partial charge in [0.15, 0.2) is 0 Å². The Morgan fingerprint density at radius 1 is 1.50 bits per heavy atom. The van der Waals surface area contributed by atoms with Gasteiger partial charge < -0.3 is 10.0 Å². The molecule has 20 heavy (non-hydrogen) atoms. The van der Waals surface area contributed by atoms with Gasteiger partial charge in [0.2, 0.25) is 10.0 Å². The van der Waals surface area contributed by atoms with Crippen LogP contribution in [0, 0.1) is 6.92 Å². The Labute approximate surface area is 123 Å². The summed E-state index contributed by atoms with van der Waals surface area (Å²) >= 11 is 0.968. The summed E-state index contributed by atoms with van der Waals surface area (Å²) in [5.41, 5.74) is 0. The number of rotatable bonds is 7. The number of hydrogen-bond acceptors (Lipinski definition) is 5. The standard InChI is InChI=1S/C12H20N2O4S2/c1-8(5-6-14(3)4)13-20(17,18)11-7-10(12(15)16)19-9(11)2/h7-8,13H,5-6H2,1-4H3,(H,15,16). The van der Waals surface area contributed by atoms with E-state index < -0.39 is 16.0 Å². The van der Waals surface area contributed by atoms with Gasteiger partial charge in [0.1, 0.15) is 4.88 Å². The minimum absolute atomic E-state index is 0.0313. The van der Waals surface area contributed by atoms with Gasteiger partial charge in [0.25, 0.3) is 0 Å². The Bertz CT molecular complexity index is 578. The molecule has 0 spiro atoms. The molecule has 0 radical (unpaired) electrons. The summed E-state index contributed by atoms with van der Waals surface area (Å²) in [4.78, 5) is 13.4. The topological polar surface area (TPSA) is 86.7 Å². The van der Waals surface area contributed by atoms with Crippen LogP contribution < -0.4 is 4.72 Å². The summed E-state index contributed by atoms with van der Waals surface area (Å²) in [7, 11) is 0.168. The minimum atomic E-state index is -3.67. The molecule has 1 aromatic heterocycles. The zero-order chi connectivity index (χ0) is 15.5. The first-order chi connectivity index (χ1) is 9.13. The molecule has 1 unspecified atom stereocenters. The fourth-order valence-corrected chi connectivity index (χ4v) is 4.38. The molecule has 6 nitrogen and oxygen atoms in total. The lowest BCUT2D eigenvalue weighted by Gasteiger charge is -2.16. The fraction of sp³-hybridized carbons (Fsp3) is 0.583. The highest BCUT2D eigenvalue weighted by Gasteiger charge is 2.23. The van der Waals surface area contributed by atoms with Gasteiger partial charge in [-0.2, -0.15) is 0 Å². The van der Waals surface area contributed by atoms with Gasteiger partial charge >= 0.3 is 5.97 Å². The molecule has 0 saturated heterocycles. The Hall–Kier alpha value is -0.960. The second kappa shape index (κ2) is 6.66. The number of nitrogens with one attached hydrogen (secondary N) is 1. The maximum atomic E-state index is 12.2. The second-order valence-electron chi connectivity index (χ2n) is 4.95. The van der Waals surface area contributed by atoms with Crippen LogP contribution in [-0.2, 0) is 10.0 Å². The lowest BCUT2D eigenvalue weighted by atomic mass is 10.2. The molecule has 0 saturated carbocycles. The van der Waals surface area contributed by atoms with Gasteiger partial charge in [-0.25, -0.2) is 17.9 Å². The minimum Gasteiger partial charge on any atom is -0.477 e. The molecule has 0 amide bonds. The normalized spacial score (nSPS) is 13.7. The Morgan fingerprint density at radius 3 is 2.55 bits per heavy atom. The van der Waals surface area contributed by atoms with Crippen molar-refractivity contribution < 1.29 is 18.3 Å². The number of thiophene rings is 1. The molecular weight excluding hydrogens is 300 g/mol. The van der Waals surface area contributed by atoms with Gasteiger partial charge in [-0.15, -0.1) is 11.3 Å². The fourth-order valence-electron chi connectivity index (χ4n) is 1.68. The lowest BCUT2D eigenvalue weighted by Crippen LogP contribution is -2.34. The lowest BCUT2D eigenvalue weighted by molar-refractivity contribution is 0.0702. The first kappa shape index (κ1) is 17.1. The molecule has 1 heterocycles. The van der Waals surface area contributed by atoms with E-state index in [-0.39, 0.29) is 15.8 Å². The molecule has 0 bridgehead atoms. The highest BCUT2D eigenvalue weighted by atomic mass is 32.2. The summed E-state index contributed by atoms with van der Waals surface area (Å²) < 4.78 is 27.0. The summed E-state index contributed by atoms with van der Waals surface area (Å²) in [6.07, 6.45) is 0.682. The van der Waals surface area contributed by atoms with Crippen molar-refractivity contribution in [3.63, 3.8) is 0 Å². The maximum Gasteiger partial charge on any atom is 0.345 e. The molecule has 0 aliphatic carbocycles. The van der Waals surface area contributed by atoms with Gasteiger partial charge in [-0.05, 0) is 47.0 Å². The smallest absolute Gasteiger partial charge is 0.345 e. The molecule has 1 atom stereocenters. The van der Waals surface area contributed by atoms with E-state index in [1.165, 1.54) is 6.07 Å². The van der Waals surface area contributed by atoms with Crippen molar-refractivity contribution in [2.75, 3.05) is 20.6 Å². The summed E-state index contributed by atoms with van der Waals surface area (Å²) in [5.74, 6) is -1.11. The molecule has 114 valence electrons.